The number of hydrogen-bond acceptors (Lipinski definition) is 1. The molecule has 0 aliphatic carbocycles. The number of rotatable bonds is 3. The Hall–Kier alpha value is -0.300. The first-order valence-corrected chi connectivity index (χ1v) is 5.59. The predicted octanol–water partition coefficient (Wildman–Crippen LogP) is 4.13. The highest BCUT2D eigenvalue weighted by molar-refractivity contribution is 7.12. The van der Waals surface area contributed by atoms with Crippen LogP contribution in [-0.2, 0) is 6.42 Å². The van der Waals surface area contributed by atoms with Crippen LogP contribution in [0.1, 0.15) is 48.4 Å². The second-order valence-corrected chi connectivity index (χ2v) is 4.70. The van der Waals surface area contributed by atoms with Gasteiger partial charge in [-0.15, -0.1) is 11.3 Å². The summed E-state index contributed by atoms with van der Waals surface area (Å²) in [7, 11) is 0. The fraction of sp³-hybridized carbons (Fsp3) is 0.636. The van der Waals surface area contributed by atoms with Gasteiger partial charge in [-0.05, 0) is 37.3 Å². The van der Waals surface area contributed by atoms with Crippen LogP contribution in [0, 0.1) is 6.92 Å². The van der Waals surface area contributed by atoms with E-state index in [-0.39, 0.29) is 0 Å². The van der Waals surface area contributed by atoms with E-state index in [4.69, 9.17) is 0 Å². The summed E-state index contributed by atoms with van der Waals surface area (Å²) in [6.45, 7) is 9.03. The SMILES string of the molecule is CCc1cc(C)sc1[C@H](C)CC. The van der Waals surface area contributed by atoms with Crippen molar-refractivity contribution in [3.05, 3.63) is 21.4 Å². The zero-order chi connectivity index (χ0) is 9.14. The Balaban J connectivity index is 2.96. The largest absolute Gasteiger partial charge is 0.145 e. The molecule has 1 rings (SSSR count). The summed E-state index contributed by atoms with van der Waals surface area (Å²) in [5.41, 5.74) is 1.56. The summed E-state index contributed by atoms with van der Waals surface area (Å²) < 4.78 is 0. The van der Waals surface area contributed by atoms with Crippen molar-refractivity contribution in [3.8, 4) is 0 Å². The van der Waals surface area contributed by atoms with Crippen molar-refractivity contribution in [1.29, 1.82) is 0 Å². The van der Waals surface area contributed by atoms with Crippen molar-refractivity contribution in [3.63, 3.8) is 0 Å². The minimum absolute atomic E-state index is 0.749. The van der Waals surface area contributed by atoms with Gasteiger partial charge in [0.15, 0.2) is 0 Å². The smallest absolute Gasteiger partial charge is 0.0108 e. The first-order valence-electron chi connectivity index (χ1n) is 4.78. The molecular formula is C11H18S. The third-order valence-corrected chi connectivity index (χ3v) is 3.73. The van der Waals surface area contributed by atoms with Crippen molar-refractivity contribution in [1.82, 2.24) is 0 Å². The van der Waals surface area contributed by atoms with E-state index >= 15 is 0 Å². The molecule has 0 aromatic carbocycles. The minimum Gasteiger partial charge on any atom is -0.145 e. The summed E-state index contributed by atoms with van der Waals surface area (Å²) in [6.07, 6.45) is 2.44. The molecule has 1 aromatic heterocycles. The van der Waals surface area contributed by atoms with Crippen molar-refractivity contribution in [2.24, 2.45) is 0 Å². The molecule has 1 heterocycles. The Morgan fingerprint density at radius 2 is 2.08 bits per heavy atom. The molecule has 1 atom stereocenters. The summed E-state index contributed by atoms with van der Waals surface area (Å²) >= 11 is 1.97. The average molecular weight is 182 g/mol. The maximum Gasteiger partial charge on any atom is 0.0108 e. The molecule has 0 aliphatic heterocycles. The van der Waals surface area contributed by atoms with Crippen molar-refractivity contribution < 1.29 is 0 Å². The average Bonchev–Trinajstić information content (AvgIpc) is 2.45. The Morgan fingerprint density at radius 3 is 2.58 bits per heavy atom. The van der Waals surface area contributed by atoms with Gasteiger partial charge in [-0.1, -0.05) is 20.8 Å². The molecular weight excluding hydrogens is 164 g/mol. The second kappa shape index (κ2) is 4.08. The van der Waals surface area contributed by atoms with E-state index in [0.717, 1.165) is 5.92 Å². The zero-order valence-electron chi connectivity index (χ0n) is 8.48. The topological polar surface area (TPSA) is 0 Å². The van der Waals surface area contributed by atoms with E-state index in [9.17, 15) is 0 Å². The third kappa shape index (κ3) is 1.89. The molecule has 0 saturated carbocycles. The molecule has 0 bridgehead atoms. The van der Waals surface area contributed by atoms with Crippen LogP contribution in [0.3, 0.4) is 0 Å². The molecule has 0 amide bonds. The summed E-state index contributed by atoms with van der Waals surface area (Å²) in [4.78, 5) is 3.07. The Bertz CT molecular complexity index is 248. The van der Waals surface area contributed by atoms with E-state index in [2.05, 4.69) is 33.8 Å². The van der Waals surface area contributed by atoms with Crippen LogP contribution in [0.5, 0.6) is 0 Å². The van der Waals surface area contributed by atoms with Crippen LogP contribution in [0.25, 0.3) is 0 Å². The van der Waals surface area contributed by atoms with E-state index in [1.807, 2.05) is 11.3 Å². The maximum atomic E-state index is 2.34. The molecule has 0 N–H and O–H groups in total. The van der Waals surface area contributed by atoms with Gasteiger partial charge < -0.3 is 0 Å². The molecule has 0 fully saturated rings. The van der Waals surface area contributed by atoms with Gasteiger partial charge >= 0.3 is 0 Å². The lowest BCUT2D eigenvalue weighted by molar-refractivity contribution is 0.739. The quantitative estimate of drug-likeness (QED) is 0.659. The predicted molar refractivity (Wildman–Crippen MR) is 57.1 cm³/mol. The van der Waals surface area contributed by atoms with E-state index in [1.165, 1.54) is 17.7 Å². The number of hydrogen-bond donors (Lipinski definition) is 0. The molecule has 0 radical (unpaired) electrons. The highest BCUT2D eigenvalue weighted by Gasteiger charge is 2.10. The molecule has 0 saturated heterocycles. The van der Waals surface area contributed by atoms with Gasteiger partial charge in [-0.3, -0.25) is 0 Å². The second-order valence-electron chi connectivity index (χ2n) is 3.41. The molecule has 0 nitrogen and oxygen atoms in total. The van der Waals surface area contributed by atoms with Crippen LogP contribution in [0.2, 0.25) is 0 Å². The minimum atomic E-state index is 0.749. The monoisotopic (exact) mass is 182 g/mol. The fourth-order valence-electron chi connectivity index (χ4n) is 1.46. The standard InChI is InChI=1S/C11H18S/c1-5-8(3)11-10(6-2)7-9(4)12-11/h7-8H,5-6H2,1-4H3/t8-/m1/s1. The third-order valence-electron chi connectivity index (χ3n) is 2.41. The van der Waals surface area contributed by atoms with Crippen molar-refractivity contribution in [2.75, 3.05) is 0 Å². The van der Waals surface area contributed by atoms with Gasteiger partial charge in [0.2, 0.25) is 0 Å². The van der Waals surface area contributed by atoms with Gasteiger partial charge in [0.1, 0.15) is 0 Å². The maximum absolute atomic E-state index is 2.34. The normalized spacial score (nSPS) is 13.3. The van der Waals surface area contributed by atoms with E-state index in [1.54, 1.807) is 10.4 Å². The Kier molecular flexibility index (Phi) is 3.33. The Labute approximate surface area is 79.6 Å². The van der Waals surface area contributed by atoms with Gasteiger partial charge in [0.05, 0.1) is 0 Å². The van der Waals surface area contributed by atoms with E-state index < -0.39 is 0 Å². The van der Waals surface area contributed by atoms with Crippen LogP contribution in [0.4, 0.5) is 0 Å². The molecule has 12 heavy (non-hydrogen) atoms. The van der Waals surface area contributed by atoms with Gasteiger partial charge in [-0.25, -0.2) is 0 Å². The van der Waals surface area contributed by atoms with Gasteiger partial charge in [0.25, 0.3) is 0 Å². The summed E-state index contributed by atoms with van der Waals surface area (Å²) in [5, 5.41) is 0. The molecule has 1 aromatic rings. The van der Waals surface area contributed by atoms with Gasteiger partial charge in [0, 0.05) is 9.75 Å². The Morgan fingerprint density at radius 1 is 1.42 bits per heavy atom. The fourth-order valence-corrected chi connectivity index (χ4v) is 2.71. The lowest BCUT2D eigenvalue weighted by atomic mass is 10.0. The number of aryl methyl sites for hydroxylation is 2. The van der Waals surface area contributed by atoms with Crippen molar-refractivity contribution >= 4 is 11.3 Å². The van der Waals surface area contributed by atoms with Crippen LogP contribution >= 0.6 is 11.3 Å². The summed E-state index contributed by atoms with van der Waals surface area (Å²) in [5.74, 6) is 0.749. The van der Waals surface area contributed by atoms with Crippen LogP contribution < -0.4 is 0 Å². The van der Waals surface area contributed by atoms with Crippen molar-refractivity contribution in [2.45, 2.75) is 46.5 Å². The molecule has 0 aliphatic rings. The first kappa shape index (κ1) is 9.79. The van der Waals surface area contributed by atoms with Gasteiger partial charge in [-0.2, -0.15) is 0 Å². The molecule has 68 valence electrons. The summed E-state index contributed by atoms with van der Waals surface area (Å²) in [6, 6.07) is 2.34. The molecule has 1 heteroatoms. The number of thiophene rings is 1. The first-order chi connectivity index (χ1) is 5.69. The van der Waals surface area contributed by atoms with Crippen LogP contribution in [-0.4, -0.2) is 0 Å². The molecule has 0 spiro atoms. The van der Waals surface area contributed by atoms with Crippen LogP contribution in [0.15, 0.2) is 6.07 Å². The highest BCUT2D eigenvalue weighted by Crippen LogP contribution is 2.31. The lowest BCUT2D eigenvalue weighted by Gasteiger charge is -2.07. The lowest BCUT2D eigenvalue weighted by Crippen LogP contribution is -1.91. The molecule has 0 unspecified atom stereocenters. The zero-order valence-corrected chi connectivity index (χ0v) is 9.29. The van der Waals surface area contributed by atoms with E-state index in [0.29, 0.717) is 0 Å². The highest BCUT2D eigenvalue weighted by atomic mass is 32.1.